The van der Waals surface area contributed by atoms with Gasteiger partial charge in [-0.2, -0.15) is 0 Å². The van der Waals surface area contributed by atoms with Gasteiger partial charge in [-0.25, -0.2) is 4.79 Å². The molecule has 3 N–H and O–H groups in total. The molecule has 1 aliphatic carbocycles. The van der Waals surface area contributed by atoms with Gasteiger partial charge in [0.1, 0.15) is 6.61 Å². The van der Waals surface area contributed by atoms with Crippen LogP contribution >= 0.6 is 0 Å². The first-order valence-corrected chi connectivity index (χ1v) is 12.1. The number of aliphatic carboxylic acids is 1. The van der Waals surface area contributed by atoms with Crippen LogP contribution in [0, 0.1) is 0 Å². The second-order valence-corrected chi connectivity index (χ2v) is 8.78. The number of hydrogen-bond donors (Lipinski definition) is 3. The summed E-state index contributed by atoms with van der Waals surface area (Å²) < 4.78 is 5.63. The highest BCUT2D eigenvalue weighted by atomic mass is 16.5. The highest BCUT2D eigenvalue weighted by Crippen LogP contribution is 2.44. The van der Waals surface area contributed by atoms with E-state index in [1.165, 1.54) is 0 Å². The molecule has 7 heteroatoms. The average Bonchev–Trinajstić information content (AvgIpc) is 3.14. The topological polar surface area (TPSA) is 105 Å². The van der Waals surface area contributed by atoms with Crippen molar-refractivity contribution in [2.24, 2.45) is 0 Å². The molecule has 182 valence electrons. The number of fused-ring (bicyclic) bond motifs is 3. The largest absolute Gasteiger partial charge is 0.481 e. The fourth-order valence-corrected chi connectivity index (χ4v) is 4.50. The Morgan fingerprint density at radius 3 is 2.09 bits per heavy atom. The number of amides is 2. The molecule has 0 heterocycles. The summed E-state index contributed by atoms with van der Waals surface area (Å²) in [6.45, 7) is 4.09. The second kappa shape index (κ2) is 12.2. The van der Waals surface area contributed by atoms with Crippen molar-refractivity contribution in [2.45, 2.75) is 70.4 Å². The first kappa shape index (κ1) is 25.3. The van der Waals surface area contributed by atoms with Crippen molar-refractivity contribution < 1.29 is 24.2 Å². The van der Waals surface area contributed by atoms with Crippen LogP contribution in [0.1, 0.15) is 69.4 Å². The number of nitrogens with one attached hydrogen (secondary N) is 2. The molecule has 2 aromatic rings. The Labute approximate surface area is 200 Å². The van der Waals surface area contributed by atoms with E-state index in [2.05, 4.69) is 34.9 Å². The molecule has 0 spiro atoms. The molecule has 0 unspecified atom stereocenters. The predicted molar refractivity (Wildman–Crippen MR) is 131 cm³/mol. The number of unbranched alkanes of at least 4 members (excludes halogenated alkanes) is 1. The van der Waals surface area contributed by atoms with Crippen molar-refractivity contribution in [3.8, 4) is 11.1 Å². The molecule has 2 atom stereocenters. The standard InChI is InChI=1S/C27H34N2O5/c1-3-5-10-19(15-25(30)28-18(4-2)16-26(31)32)29-27(33)34-17-24-22-13-8-6-11-20(22)21-12-7-9-14-23(21)24/h6-9,11-14,18-19,24H,3-5,10,15-17H2,1-2H3,(H,28,30)(H,29,33)(H,31,32)/t18-,19-/m1/s1. The van der Waals surface area contributed by atoms with Crippen molar-refractivity contribution in [2.75, 3.05) is 6.61 Å². The molecule has 2 aromatic carbocycles. The molecule has 7 nitrogen and oxygen atoms in total. The van der Waals surface area contributed by atoms with Crippen molar-refractivity contribution >= 4 is 18.0 Å². The average molecular weight is 467 g/mol. The van der Waals surface area contributed by atoms with E-state index in [-0.39, 0.29) is 37.3 Å². The highest BCUT2D eigenvalue weighted by Gasteiger charge is 2.29. The van der Waals surface area contributed by atoms with Crippen LogP contribution in [-0.2, 0) is 14.3 Å². The summed E-state index contributed by atoms with van der Waals surface area (Å²) in [5, 5.41) is 14.6. The molecular weight excluding hydrogens is 432 g/mol. The van der Waals surface area contributed by atoms with Gasteiger partial charge < -0.3 is 20.5 Å². The highest BCUT2D eigenvalue weighted by molar-refractivity contribution is 5.80. The molecule has 1 aliphatic rings. The van der Waals surface area contributed by atoms with E-state index in [1.807, 2.05) is 38.1 Å². The molecule has 0 aromatic heterocycles. The summed E-state index contributed by atoms with van der Waals surface area (Å²) in [4.78, 5) is 36.1. The first-order chi connectivity index (χ1) is 16.4. The minimum atomic E-state index is -0.952. The van der Waals surface area contributed by atoms with Gasteiger partial charge in [0.15, 0.2) is 0 Å². The van der Waals surface area contributed by atoms with Gasteiger partial charge in [-0.05, 0) is 35.1 Å². The first-order valence-electron chi connectivity index (χ1n) is 12.1. The summed E-state index contributed by atoms with van der Waals surface area (Å²) in [5.41, 5.74) is 4.61. The number of hydrogen-bond acceptors (Lipinski definition) is 4. The van der Waals surface area contributed by atoms with E-state index in [4.69, 9.17) is 9.84 Å². The number of benzene rings is 2. The summed E-state index contributed by atoms with van der Waals surface area (Å²) in [7, 11) is 0. The maximum atomic E-state index is 12.7. The van der Waals surface area contributed by atoms with Gasteiger partial charge in [-0.15, -0.1) is 0 Å². The van der Waals surface area contributed by atoms with E-state index in [9.17, 15) is 14.4 Å². The Morgan fingerprint density at radius 2 is 1.53 bits per heavy atom. The zero-order valence-corrected chi connectivity index (χ0v) is 19.9. The smallest absolute Gasteiger partial charge is 0.407 e. The lowest BCUT2D eigenvalue weighted by atomic mass is 9.98. The van der Waals surface area contributed by atoms with E-state index in [0.717, 1.165) is 35.1 Å². The van der Waals surface area contributed by atoms with Gasteiger partial charge in [0, 0.05) is 24.4 Å². The normalized spacial score (nSPS) is 13.9. The molecule has 0 fully saturated rings. The number of ether oxygens (including phenoxy) is 1. The third-order valence-electron chi connectivity index (χ3n) is 6.28. The number of carbonyl (C=O) groups excluding carboxylic acids is 2. The van der Waals surface area contributed by atoms with Crippen LogP contribution in [0.4, 0.5) is 4.79 Å². The molecule has 2 amide bonds. The van der Waals surface area contributed by atoms with Crippen LogP contribution in [0.3, 0.4) is 0 Å². The maximum Gasteiger partial charge on any atom is 0.407 e. The Kier molecular flexibility index (Phi) is 9.08. The van der Waals surface area contributed by atoms with Crippen molar-refractivity contribution in [3.05, 3.63) is 59.7 Å². The number of carbonyl (C=O) groups is 3. The minimum absolute atomic E-state index is 0.0307. The predicted octanol–water partition coefficient (Wildman–Crippen LogP) is 4.84. The van der Waals surface area contributed by atoms with E-state index in [1.54, 1.807) is 0 Å². The molecule has 3 rings (SSSR count). The molecule has 0 bridgehead atoms. The molecule has 0 saturated heterocycles. The maximum absolute atomic E-state index is 12.7. The van der Waals surface area contributed by atoms with Crippen molar-refractivity contribution in [1.29, 1.82) is 0 Å². The summed E-state index contributed by atoms with van der Waals surface area (Å²) in [6.07, 6.45) is 2.37. The van der Waals surface area contributed by atoms with Gasteiger partial charge >= 0.3 is 12.1 Å². The molecule has 0 radical (unpaired) electrons. The lowest BCUT2D eigenvalue weighted by Gasteiger charge is -2.21. The third kappa shape index (κ3) is 6.59. The Morgan fingerprint density at radius 1 is 0.912 bits per heavy atom. The second-order valence-electron chi connectivity index (χ2n) is 8.78. The number of carboxylic acids is 1. The monoisotopic (exact) mass is 466 g/mol. The fraction of sp³-hybridized carbons (Fsp3) is 0.444. The van der Waals surface area contributed by atoms with Crippen LogP contribution in [-0.4, -0.2) is 41.8 Å². The summed E-state index contributed by atoms with van der Waals surface area (Å²) in [5.74, 6) is -1.25. The van der Waals surface area contributed by atoms with Gasteiger partial charge in [0.05, 0.1) is 6.42 Å². The van der Waals surface area contributed by atoms with Crippen LogP contribution in [0.15, 0.2) is 48.5 Å². The molecule has 34 heavy (non-hydrogen) atoms. The van der Waals surface area contributed by atoms with Gasteiger partial charge in [-0.3, -0.25) is 9.59 Å². The van der Waals surface area contributed by atoms with Crippen LogP contribution in [0.2, 0.25) is 0 Å². The molecular formula is C27H34N2O5. The van der Waals surface area contributed by atoms with Crippen LogP contribution < -0.4 is 10.6 Å². The Balaban J connectivity index is 1.59. The fourth-order valence-electron chi connectivity index (χ4n) is 4.50. The Bertz CT molecular complexity index is 961. The van der Waals surface area contributed by atoms with Crippen LogP contribution in [0.25, 0.3) is 11.1 Å². The third-order valence-corrected chi connectivity index (χ3v) is 6.28. The number of carboxylic acid groups (broad SMARTS) is 1. The number of rotatable bonds is 12. The van der Waals surface area contributed by atoms with E-state index in [0.29, 0.717) is 12.8 Å². The van der Waals surface area contributed by atoms with Crippen molar-refractivity contribution in [3.63, 3.8) is 0 Å². The zero-order valence-electron chi connectivity index (χ0n) is 19.9. The van der Waals surface area contributed by atoms with Gasteiger partial charge in [0.25, 0.3) is 0 Å². The lowest BCUT2D eigenvalue weighted by Crippen LogP contribution is -2.42. The molecule has 0 aliphatic heterocycles. The zero-order chi connectivity index (χ0) is 24.5. The van der Waals surface area contributed by atoms with Crippen LogP contribution in [0.5, 0.6) is 0 Å². The Hall–Kier alpha value is -3.35. The summed E-state index contributed by atoms with van der Waals surface area (Å²) in [6, 6.07) is 15.5. The summed E-state index contributed by atoms with van der Waals surface area (Å²) >= 11 is 0. The quantitative estimate of drug-likeness (QED) is 0.415. The molecule has 0 saturated carbocycles. The van der Waals surface area contributed by atoms with E-state index >= 15 is 0 Å². The lowest BCUT2D eigenvalue weighted by molar-refractivity contribution is -0.137. The van der Waals surface area contributed by atoms with Gasteiger partial charge in [0.2, 0.25) is 5.91 Å². The SMILES string of the molecule is CCCC[C@H](CC(=O)N[C@H](CC)CC(=O)O)NC(=O)OCC1c2ccccc2-c2ccccc21. The van der Waals surface area contributed by atoms with Gasteiger partial charge in [-0.1, -0.05) is 75.2 Å². The minimum Gasteiger partial charge on any atom is -0.481 e. The van der Waals surface area contributed by atoms with E-state index < -0.39 is 18.1 Å². The number of alkyl carbamates (subject to hydrolysis) is 1. The van der Waals surface area contributed by atoms with Crippen molar-refractivity contribution in [1.82, 2.24) is 10.6 Å².